The maximum atomic E-state index is 13.1. The maximum absolute atomic E-state index is 13.1. The smallest absolute Gasteiger partial charge is 0.360 e. The summed E-state index contributed by atoms with van der Waals surface area (Å²) in [5.41, 5.74) is -0.842. The summed E-state index contributed by atoms with van der Waals surface area (Å²) in [5.74, 6) is -0.593. The van der Waals surface area contributed by atoms with Crippen LogP contribution in [0.5, 0.6) is 0 Å². The summed E-state index contributed by atoms with van der Waals surface area (Å²) >= 11 is 2.83. The lowest BCUT2D eigenvalue weighted by Crippen LogP contribution is -2.43. The first-order valence-corrected chi connectivity index (χ1v) is 10.8. The van der Waals surface area contributed by atoms with Crippen LogP contribution >= 0.6 is 15.9 Å². The van der Waals surface area contributed by atoms with Crippen molar-refractivity contribution in [1.29, 1.82) is 0 Å². The zero-order valence-electron chi connectivity index (χ0n) is 15.4. The lowest BCUT2D eigenvalue weighted by Gasteiger charge is -2.23. The Kier molecular flexibility index (Phi) is 5.80. The number of nitrogens with zero attached hydrogens (tertiary/aromatic N) is 2. The van der Waals surface area contributed by atoms with E-state index < -0.39 is 33.7 Å². The van der Waals surface area contributed by atoms with E-state index in [0.29, 0.717) is 6.42 Å². The number of hydrogen-bond acceptors (Lipinski definition) is 5. The molecule has 7 nitrogen and oxygen atoms in total. The Morgan fingerprint density at radius 1 is 1.34 bits per heavy atom. The Morgan fingerprint density at radius 2 is 2.03 bits per heavy atom. The standard InChI is InChI=1S/C17H17BrF3N3O4S/c1-9-15(10(2)28-23-9)29(26,27)24-7-3-4-14(24)16(25)22-11-5-6-13(18)12(8-11)17(19,20)21/h5-6,8,14H,3-4,7H2,1-2H3,(H,22,25)/t14-/m0/s1. The number of nitrogens with one attached hydrogen (secondary N) is 1. The zero-order valence-corrected chi connectivity index (χ0v) is 17.8. The fourth-order valence-corrected chi connectivity index (χ4v) is 5.72. The van der Waals surface area contributed by atoms with Crippen LogP contribution in [0.25, 0.3) is 0 Å². The molecule has 0 bridgehead atoms. The van der Waals surface area contributed by atoms with E-state index in [-0.39, 0.29) is 39.5 Å². The van der Waals surface area contributed by atoms with Gasteiger partial charge in [-0.15, -0.1) is 0 Å². The van der Waals surface area contributed by atoms with Gasteiger partial charge in [-0.2, -0.15) is 17.5 Å². The molecule has 3 rings (SSSR count). The van der Waals surface area contributed by atoms with Gasteiger partial charge in [-0.3, -0.25) is 4.79 Å². The van der Waals surface area contributed by atoms with E-state index in [1.807, 2.05) is 0 Å². The van der Waals surface area contributed by atoms with Gasteiger partial charge in [0.1, 0.15) is 16.6 Å². The molecule has 0 saturated carbocycles. The summed E-state index contributed by atoms with van der Waals surface area (Å²) < 4.78 is 71.1. The van der Waals surface area contributed by atoms with Crippen molar-refractivity contribution in [2.45, 2.75) is 43.8 Å². The summed E-state index contributed by atoms with van der Waals surface area (Å²) in [6.45, 7) is 3.05. The first-order valence-electron chi connectivity index (χ1n) is 8.55. The number of carbonyl (C=O) groups is 1. The van der Waals surface area contributed by atoms with E-state index in [9.17, 15) is 26.4 Å². The highest BCUT2D eigenvalue weighted by atomic mass is 79.9. The van der Waals surface area contributed by atoms with E-state index in [1.54, 1.807) is 0 Å². The molecule has 1 atom stereocenters. The number of rotatable bonds is 4. The fourth-order valence-electron chi connectivity index (χ4n) is 3.30. The Morgan fingerprint density at radius 3 is 2.62 bits per heavy atom. The number of aromatic nitrogens is 1. The van der Waals surface area contributed by atoms with E-state index in [2.05, 4.69) is 26.4 Å². The van der Waals surface area contributed by atoms with Crippen molar-refractivity contribution < 1.29 is 30.9 Å². The van der Waals surface area contributed by atoms with Crippen molar-refractivity contribution in [3.63, 3.8) is 0 Å². The monoisotopic (exact) mass is 495 g/mol. The molecule has 158 valence electrons. The first-order chi connectivity index (χ1) is 13.4. The van der Waals surface area contributed by atoms with E-state index in [0.717, 1.165) is 10.4 Å². The van der Waals surface area contributed by atoms with E-state index in [4.69, 9.17) is 4.52 Å². The van der Waals surface area contributed by atoms with Gasteiger partial charge in [-0.05, 0) is 44.9 Å². The molecule has 1 saturated heterocycles. The predicted octanol–water partition coefficient (Wildman–Crippen LogP) is 3.86. The minimum atomic E-state index is -4.61. The number of sulfonamides is 1. The summed E-state index contributed by atoms with van der Waals surface area (Å²) in [6, 6.07) is 2.22. The average molecular weight is 496 g/mol. The lowest BCUT2D eigenvalue weighted by atomic mass is 10.1. The molecule has 2 heterocycles. The number of carbonyl (C=O) groups excluding carboxylic acids is 1. The molecular formula is C17H17BrF3N3O4S. The van der Waals surface area contributed by atoms with Gasteiger partial charge in [-0.25, -0.2) is 8.42 Å². The van der Waals surface area contributed by atoms with Crippen molar-refractivity contribution in [2.24, 2.45) is 0 Å². The molecule has 1 N–H and O–H groups in total. The number of benzene rings is 1. The number of halogens is 4. The molecule has 1 aliphatic rings. The zero-order chi connectivity index (χ0) is 21.6. The van der Waals surface area contributed by atoms with Gasteiger partial charge in [0.2, 0.25) is 15.9 Å². The minimum absolute atomic E-state index is 0.0767. The fraction of sp³-hybridized carbons (Fsp3) is 0.412. The first kappa shape index (κ1) is 21.8. The number of hydrogen-bond donors (Lipinski definition) is 1. The normalized spacial score (nSPS) is 18.2. The molecule has 0 unspecified atom stereocenters. The van der Waals surface area contributed by atoms with E-state index in [1.165, 1.54) is 26.0 Å². The second-order valence-corrected chi connectivity index (χ2v) is 9.29. The van der Waals surface area contributed by atoms with Gasteiger partial charge in [0.25, 0.3) is 0 Å². The summed E-state index contributed by atoms with van der Waals surface area (Å²) in [6.07, 6.45) is -3.92. The molecule has 1 aromatic heterocycles. The van der Waals surface area contributed by atoms with Crippen LogP contribution in [0.3, 0.4) is 0 Å². The van der Waals surface area contributed by atoms with E-state index >= 15 is 0 Å². The van der Waals surface area contributed by atoms with Crippen LogP contribution in [0.4, 0.5) is 18.9 Å². The molecule has 1 amide bonds. The van der Waals surface area contributed by atoms with Crippen molar-refractivity contribution in [3.8, 4) is 0 Å². The van der Waals surface area contributed by atoms with Crippen molar-refractivity contribution in [1.82, 2.24) is 9.46 Å². The van der Waals surface area contributed by atoms with Gasteiger partial charge in [0, 0.05) is 16.7 Å². The van der Waals surface area contributed by atoms with Crippen LogP contribution in [-0.2, 0) is 21.0 Å². The topological polar surface area (TPSA) is 92.5 Å². The van der Waals surface area contributed by atoms with Gasteiger partial charge in [0.05, 0.1) is 5.56 Å². The molecule has 0 aliphatic carbocycles. The second-order valence-electron chi connectivity index (χ2n) is 6.61. The van der Waals surface area contributed by atoms with Crippen LogP contribution < -0.4 is 5.32 Å². The van der Waals surface area contributed by atoms with Crippen LogP contribution in [0.1, 0.15) is 29.9 Å². The third kappa shape index (κ3) is 4.19. The van der Waals surface area contributed by atoms with Crippen LogP contribution in [-0.4, -0.2) is 36.4 Å². The Labute approximate surface area is 173 Å². The third-order valence-corrected chi connectivity index (χ3v) is 7.42. The van der Waals surface area contributed by atoms with Gasteiger partial charge in [-0.1, -0.05) is 21.1 Å². The molecule has 1 aromatic carbocycles. The maximum Gasteiger partial charge on any atom is 0.417 e. The third-order valence-electron chi connectivity index (χ3n) is 4.58. The van der Waals surface area contributed by atoms with Crippen molar-refractivity contribution >= 4 is 37.5 Å². The Bertz CT molecular complexity index is 1030. The molecule has 12 heteroatoms. The van der Waals surface area contributed by atoms with Crippen LogP contribution in [0, 0.1) is 13.8 Å². The largest absolute Gasteiger partial charge is 0.417 e. The number of aryl methyl sites for hydroxylation is 2. The number of alkyl halides is 3. The van der Waals surface area contributed by atoms with Crippen LogP contribution in [0.2, 0.25) is 0 Å². The highest BCUT2D eigenvalue weighted by Crippen LogP contribution is 2.37. The molecule has 29 heavy (non-hydrogen) atoms. The highest BCUT2D eigenvalue weighted by molar-refractivity contribution is 9.10. The molecule has 2 aromatic rings. The van der Waals surface area contributed by atoms with Crippen molar-refractivity contribution in [2.75, 3.05) is 11.9 Å². The SMILES string of the molecule is Cc1noc(C)c1S(=O)(=O)N1CCC[C@H]1C(=O)Nc1ccc(Br)c(C(F)(F)F)c1. The Balaban J connectivity index is 1.86. The number of anilines is 1. The average Bonchev–Trinajstić information content (AvgIpc) is 3.23. The summed E-state index contributed by atoms with van der Waals surface area (Å²) in [5, 5.41) is 6.04. The molecule has 1 aliphatic heterocycles. The highest BCUT2D eigenvalue weighted by Gasteiger charge is 2.42. The molecule has 0 spiro atoms. The number of amides is 1. The lowest BCUT2D eigenvalue weighted by molar-refractivity contribution is -0.138. The Hall–Kier alpha value is -1.92. The molecule has 0 radical (unpaired) electrons. The van der Waals surface area contributed by atoms with Crippen LogP contribution in [0.15, 0.2) is 32.1 Å². The summed E-state index contributed by atoms with van der Waals surface area (Å²) in [7, 11) is -4.05. The predicted molar refractivity (Wildman–Crippen MR) is 101 cm³/mol. The van der Waals surface area contributed by atoms with Crippen molar-refractivity contribution in [3.05, 3.63) is 39.7 Å². The van der Waals surface area contributed by atoms with Gasteiger partial charge in [0.15, 0.2) is 5.76 Å². The minimum Gasteiger partial charge on any atom is -0.360 e. The summed E-state index contributed by atoms with van der Waals surface area (Å²) in [4.78, 5) is 12.6. The van der Waals surface area contributed by atoms with Gasteiger partial charge >= 0.3 is 6.18 Å². The second kappa shape index (κ2) is 7.73. The molecular weight excluding hydrogens is 479 g/mol. The quantitative estimate of drug-likeness (QED) is 0.694. The van der Waals surface area contributed by atoms with Gasteiger partial charge < -0.3 is 9.84 Å². The molecule has 1 fully saturated rings.